The Labute approximate surface area is 83.9 Å². The fourth-order valence-corrected chi connectivity index (χ4v) is 1.04. The highest BCUT2D eigenvalue weighted by molar-refractivity contribution is 5.42. The molecule has 0 amide bonds. The molecule has 0 saturated carbocycles. The molecular formula is C11H16FNO. The topological polar surface area (TPSA) is 35.2 Å². The summed E-state index contributed by atoms with van der Waals surface area (Å²) < 4.78 is 18.4. The Bertz CT molecular complexity index is 299. The molecule has 0 aliphatic rings. The molecule has 14 heavy (non-hydrogen) atoms. The molecule has 78 valence electrons. The maximum atomic E-state index is 13.2. The minimum Gasteiger partial charge on any atom is -0.491 e. The average molecular weight is 197 g/mol. The number of halogens is 1. The van der Waals surface area contributed by atoms with Gasteiger partial charge in [-0.15, -0.1) is 0 Å². The van der Waals surface area contributed by atoms with E-state index in [2.05, 4.69) is 13.8 Å². The molecule has 0 saturated heterocycles. The Morgan fingerprint density at radius 1 is 1.43 bits per heavy atom. The lowest BCUT2D eigenvalue weighted by Crippen LogP contribution is -2.02. The highest BCUT2D eigenvalue weighted by Gasteiger charge is 2.03. The highest BCUT2D eigenvalue weighted by atomic mass is 19.1. The number of anilines is 1. The van der Waals surface area contributed by atoms with Crippen molar-refractivity contribution in [2.24, 2.45) is 5.92 Å². The van der Waals surface area contributed by atoms with Crippen LogP contribution in [-0.4, -0.2) is 6.61 Å². The van der Waals surface area contributed by atoms with Gasteiger partial charge in [0.1, 0.15) is 0 Å². The van der Waals surface area contributed by atoms with Crippen molar-refractivity contribution in [2.45, 2.75) is 20.3 Å². The van der Waals surface area contributed by atoms with Crippen molar-refractivity contribution >= 4 is 5.69 Å². The van der Waals surface area contributed by atoms with E-state index in [1.54, 1.807) is 12.1 Å². The van der Waals surface area contributed by atoms with Crippen LogP contribution in [0.2, 0.25) is 0 Å². The second-order valence-electron chi connectivity index (χ2n) is 3.72. The fourth-order valence-electron chi connectivity index (χ4n) is 1.04. The van der Waals surface area contributed by atoms with E-state index in [1.807, 2.05) is 0 Å². The molecule has 0 bridgehead atoms. The van der Waals surface area contributed by atoms with E-state index < -0.39 is 5.82 Å². The van der Waals surface area contributed by atoms with Crippen LogP contribution in [0.4, 0.5) is 10.1 Å². The molecule has 0 spiro atoms. The molecule has 1 aromatic rings. The van der Waals surface area contributed by atoms with Crippen molar-refractivity contribution in [1.29, 1.82) is 0 Å². The highest BCUT2D eigenvalue weighted by Crippen LogP contribution is 2.19. The molecule has 1 aromatic carbocycles. The van der Waals surface area contributed by atoms with Crippen molar-refractivity contribution in [3.63, 3.8) is 0 Å². The number of benzene rings is 1. The van der Waals surface area contributed by atoms with E-state index in [-0.39, 0.29) is 5.75 Å². The third-order valence-electron chi connectivity index (χ3n) is 1.91. The second kappa shape index (κ2) is 4.84. The molecule has 0 aliphatic heterocycles. The smallest absolute Gasteiger partial charge is 0.167 e. The Hall–Kier alpha value is -1.25. The van der Waals surface area contributed by atoms with Gasteiger partial charge in [0.2, 0.25) is 0 Å². The molecular weight excluding hydrogens is 181 g/mol. The zero-order chi connectivity index (χ0) is 10.6. The standard InChI is InChI=1S/C11H16FNO/c1-8(2)5-6-14-11-4-3-9(13)7-10(11)12/h3-4,7-8H,5-6,13H2,1-2H3. The Morgan fingerprint density at radius 3 is 2.71 bits per heavy atom. The van der Waals surface area contributed by atoms with Crippen LogP contribution in [0, 0.1) is 11.7 Å². The molecule has 0 fully saturated rings. The van der Waals surface area contributed by atoms with Crippen molar-refractivity contribution in [1.82, 2.24) is 0 Å². The molecule has 2 nitrogen and oxygen atoms in total. The molecule has 0 unspecified atom stereocenters. The van der Waals surface area contributed by atoms with E-state index in [0.717, 1.165) is 6.42 Å². The van der Waals surface area contributed by atoms with Crippen molar-refractivity contribution in [3.8, 4) is 5.75 Å². The van der Waals surface area contributed by atoms with Gasteiger partial charge in [0, 0.05) is 11.8 Å². The second-order valence-corrected chi connectivity index (χ2v) is 3.72. The van der Waals surface area contributed by atoms with Gasteiger partial charge in [-0.3, -0.25) is 0 Å². The number of hydrogen-bond acceptors (Lipinski definition) is 2. The first-order chi connectivity index (χ1) is 6.59. The summed E-state index contributed by atoms with van der Waals surface area (Å²) in [5.74, 6) is 0.445. The normalized spacial score (nSPS) is 10.6. The largest absolute Gasteiger partial charge is 0.491 e. The summed E-state index contributed by atoms with van der Waals surface area (Å²) in [4.78, 5) is 0. The summed E-state index contributed by atoms with van der Waals surface area (Å²) in [5, 5.41) is 0. The minimum atomic E-state index is -0.395. The van der Waals surface area contributed by atoms with Crippen LogP contribution in [-0.2, 0) is 0 Å². The maximum absolute atomic E-state index is 13.2. The first kappa shape index (κ1) is 10.8. The summed E-state index contributed by atoms with van der Waals surface area (Å²) in [5.41, 5.74) is 5.82. The molecule has 0 aromatic heterocycles. The van der Waals surface area contributed by atoms with Crippen molar-refractivity contribution < 1.29 is 9.13 Å². The number of hydrogen-bond donors (Lipinski definition) is 1. The van der Waals surface area contributed by atoms with Crippen LogP contribution in [0.5, 0.6) is 5.75 Å². The summed E-state index contributed by atoms with van der Waals surface area (Å²) in [6, 6.07) is 4.46. The zero-order valence-corrected chi connectivity index (χ0v) is 8.59. The van der Waals surface area contributed by atoms with Gasteiger partial charge in [-0.1, -0.05) is 13.8 Å². The lowest BCUT2D eigenvalue weighted by molar-refractivity contribution is 0.277. The Kier molecular flexibility index (Phi) is 3.74. The van der Waals surface area contributed by atoms with Gasteiger partial charge in [-0.2, -0.15) is 0 Å². The lowest BCUT2D eigenvalue weighted by Gasteiger charge is -2.08. The van der Waals surface area contributed by atoms with Gasteiger partial charge in [-0.25, -0.2) is 4.39 Å². The third-order valence-corrected chi connectivity index (χ3v) is 1.91. The number of nitrogen functional groups attached to an aromatic ring is 1. The van der Waals surface area contributed by atoms with Gasteiger partial charge < -0.3 is 10.5 Å². The van der Waals surface area contributed by atoms with Gasteiger partial charge in [0.05, 0.1) is 6.61 Å². The zero-order valence-electron chi connectivity index (χ0n) is 8.59. The predicted molar refractivity (Wildman–Crippen MR) is 55.8 cm³/mol. The number of nitrogens with two attached hydrogens (primary N) is 1. The maximum Gasteiger partial charge on any atom is 0.167 e. The first-order valence-corrected chi connectivity index (χ1v) is 4.77. The summed E-state index contributed by atoms with van der Waals surface area (Å²) in [6.07, 6.45) is 0.920. The summed E-state index contributed by atoms with van der Waals surface area (Å²) >= 11 is 0. The van der Waals surface area contributed by atoms with Crippen LogP contribution < -0.4 is 10.5 Å². The number of rotatable bonds is 4. The average Bonchev–Trinajstić information content (AvgIpc) is 2.08. The molecule has 0 radical (unpaired) electrons. The third kappa shape index (κ3) is 3.24. The predicted octanol–water partition coefficient (Wildman–Crippen LogP) is 2.83. The quantitative estimate of drug-likeness (QED) is 0.753. The van der Waals surface area contributed by atoms with Crippen LogP contribution in [0.1, 0.15) is 20.3 Å². The SMILES string of the molecule is CC(C)CCOc1ccc(N)cc1F. The van der Waals surface area contributed by atoms with Crippen LogP contribution >= 0.6 is 0 Å². The van der Waals surface area contributed by atoms with E-state index in [0.29, 0.717) is 18.2 Å². The Morgan fingerprint density at radius 2 is 2.14 bits per heavy atom. The van der Waals surface area contributed by atoms with Crippen molar-refractivity contribution in [2.75, 3.05) is 12.3 Å². The van der Waals surface area contributed by atoms with E-state index >= 15 is 0 Å². The lowest BCUT2D eigenvalue weighted by atomic mass is 10.1. The molecule has 1 rings (SSSR count). The monoisotopic (exact) mass is 197 g/mol. The number of ether oxygens (including phenoxy) is 1. The summed E-state index contributed by atoms with van der Waals surface area (Å²) in [6.45, 7) is 4.74. The van der Waals surface area contributed by atoms with Gasteiger partial charge in [-0.05, 0) is 24.5 Å². The molecule has 0 heterocycles. The minimum absolute atomic E-state index is 0.278. The van der Waals surface area contributed by atoms with Gasteiger partial charge in [0.15, 0.2) is 11.6 Å². The van der Waals surface area contributed by atoms with Gasteiger partial charge in [0.25, 0.3) is 0 Å². The van der Waals surface area contributed by atoms with Gasteiger partial charge >= 0.3 is 0 Å². The first-order valence-electron chi connectivity index (χ1n) is 4.77. The van der Waals surface area contributed by atoms with Crippen LogP contribution in [0.15, 0.2) is 18.2 Å². The van der Waals surface area contributed by atoms with Crippen LogP contribution in [0.3, 0.4) is 0 Å². The summed E-state index contributed by atoms with van der Waals surface area (Å²) in [7, 11) is 0. The van der Waals surface area contributed by atoms with E-state index in [4.69, 9.17) is 10.5 Å². The van der Waals surface area contributed by atoms with Crippen molar-refractivity contribution in [3.05, 3.63) is 24.0 Å². The fraction of sp³-hybridized carbons (Fsp3) is 0.455. The molecule has 2 N–H and O–H groups in total. The van der Waals surface area contributed by atoms with E-state index in [9.17, 15) is 4.39 Å². The Balaban J connectivity index is 2.51. The molecule has 0 aliphatic carbocycles. The molecule has 0 atom stereocenters. The van der Waals surface area contributed by atoms with Crippen LogP contribution in [0.25, 0.3) is 0 Å². The van der Waals surface area contributed by atoms with E-state index in [1.165, 1.54) is 6.07 Å². The molecule has 3 heteroatoms.